The van der Waals surface area contributed by atoms with Gasteiger partial charge in [-0.3, -0.25) is 9.69 Å². The average Bonchev–Trinajstić information content (AvgIpc) is 3.01. The molecule has 3 aromatic rings. The molecule has 0 aliphatic carbocycles. The molecule has 0 saturated heterocycles. The van der Waals surface area contributed by atoms with Crippen molar-refractivity contribution in [3.63, 3.8) is 0 Å². The van der Waals surface area contributed by atoms with Crippen LogP contribution in [-0.4, -0.2) is 65.7 Å². The molecule has 4 rings (SSSR count). The maximum Gasteiger partial charge on any atom is 0.326 e. The van der Waals surface area contributed by atoms with Crippen LogP contribution < -0.4 is 15.4 Å². The highest BCUT2D eigenvalue weighted by Crippen LogP contribution is 2.20. The molecule has 1 aliphatic rings. The fourth-order valence-electron chi connectivity index (χ4n) is 5.05. The molecule has 8 nitrogen and oxygen atoms in total. The Hall–Kier alpha value is -3.91. The summed E-state index contributed by atoms with van der Waals surface area (Å²) in [5.41, 5.74) is 3.25. The minimum absolute atomic E-state index is 0.283. The lowest BCUT2D eigenvalue weighted by Crippen LogP contribution is -2.45. The Morgan fingerprint density at radius 1 is 1.00 bits per heavy atom. The number of hydrogen-bond acceptors (Lipinski definition) is 6. The van der Waals surface area contributed by atoms with Gasteiger partial charge in [0, 0.05) is 25.3 Å². The van der Waals surface area contributed by atoms with Gasteiger partial charge in [0.1, 0.15) is 24.2 Å². The zero-order chi connectivity index (χ0) is 28.9. The summed E-state index contributed by atoms with van der Waals surface area (Å²) >= 11 is 0. The first-order valence-corrected chi connectivity index (χ1v) is 14.7. The number of aliphatic carboxylic acids is 1. The van der Waals surface area contributed by atoms with Crippen molar-refractivity contribution in [2.75, 3.05) is 38.1 Å². The third-order valence-electron chi connectivity index (χ3n) is 7.57. The van der Waals surface area contributed by atoms with Gasteiger partial charge in [0.2, 0.25) is 5.91 Å². The van der Waals surface area contributed by atoms with Gasteiger partial charge in [-0.25, -0.2) is 9.78 Å². The molecule has 2 unspecified atom stereocenters. The number of aryl methyl sites for hydroxylation is 2. The third-order valence-corrected chi connectivity index (χ3v) is 7.57. The van der Waals surface area contributed by atoms with Crippen LogP contribution in [0.5, 0.6) is 5.75 Å². The SMILES string of the molecule is CC(C(=O)NC(CCN(CCCCc1ccc2c(n1)NCCC2)CCOc1ccccc1)C(=O)O)c1ccccc1. The van der Waals surface area contributed by atoms with Crippen molar-refractivity contribution in [3.05, 3.63) is 89.6 Å². The summed E-state index contributed by atoms with van der Waals surface area (Å²) in [7, 11) is 0. The summed E-state index contributed by atoms with van der Waals surface area (Å²) in [5, 5.41) is 16.0. The van der Waals surface area contributed by atoms with Crippen LogP contribution in [-0.2, 0) is 22.4 Å². The van der Waals surface area contributed by atoms with E-state index in [0.717, 1.165) is 68.0 Å². The molecule has 0 bridgehead atoms. The van der Waals surface area contributed by atoms with Gasteiger partial charge in [-0.2, -0.15) is 0 Å². The zero-order valence-electron chi connectivity index (χ0n) is 23.9. The molecule has 1 aromatic heterocycles. The number of hydrogen-bond donors (Lipinski definition) is 3. The molecule has 1 aliphatic heterocycles. The van der Waals surface area contributed by atoms with E-state index < -0.39 is 17.9 Å². The van der Waals surface area contributed by atoms with Crippen LogP contribution in [0.4, 0.5) is 5.82 Å². The molecule has 3 N–H and O–H groups in total. The highest BCUT2D eigenvalue weighted by Gasteiger charge is 2.24. The summed E-state index contributed by atoms with van der Waals surface area (Å²) < 4.78 is 5.92. The van der Waals surface area contributed by atoms with Crippen molar-refractivity contribution < 1.29 is 19.4 Å². The summed E-state index contributed by atoms with van der Waals surface area (Å²) in [6, 6.07) is 22.4. The fourth-order valence-corrected chi connectivity index (χ4v) is 5.05. The number of amides is 1. The summed E-state index contributed by atoms with van der Waals surface area (Å²) in [5.74, 6) is 0.100. The second-order valence-electron chi connectivity index (χ2n) is 10.6. The number of pyridine rings is 1. The lowest BCUT2D eigenvalue weighted by molar-refractivity contribution is -0.142. The second-order valence-corrected chi connectivity index (χ2v) is 10.6. The predicted molar refractivity (Wildman–Crippen MR) is 161 cm³/mol. The largest absolute Gasteiger partial charge is 0.492 e. The Bertz CT molecular complexity index is 1240. The number of benzene rings is 2. The number of para-hydroxylation sites is 1. The molecule has 218 valence electrons. The van der Waals surface area contributed by atoms with Gasteiger partial charge < -0.3 is 20.5 Å². The van der Waals surface area contributed by atoms with Gasteiger partial charge in [0.05, 0.1) is 5.92 Å². The number of carbonyl (C=O) groups is 2. The molecule has 0 radical (unpaired) electrons. The number of rotatable bonds is 16. The topological polar surface area (TPSA) is 104 Å². The van der Waals surface area contributed by atoms with Crippen molar-refractivity contribution in [1.82, 2.24) is 15.2 Å². The van der Waals surface area contributed by atoms with Crippen LogP contribution in [0.1, 0.15) is 55.3 Å². The molecule has 0 saturated carbocycles. The quantitative estimate of drug-likeness (QED) is 0.215. The van der Waals surface area contributed by atoms with Crippen molar-refractivity contribution >= 4 is 17.7 Å². The molecule has 1 amide bonds. The van der Waals surface area contributed by atoms with Crippen LogP contribution in [0.15, 0.2) is 72.8 Å². The van der Waals surface area contributed by atoms with Crippen LogP contribution in [0, 0.1) is 0 Å². The van der Waals surface area contributed by atoms with Gasteiger partial charge in [0.25, 0.3) is 0 Å². The van der Waals surface area contributed by atoms with E-state index in [1.54, 1.807) is 6.92 Å². The number of nitrogens with zero attached hydrogens (tertiary/aromatic N) is 2. The Labute approximate surface area is 243 Å². The first kappa shape index (κ1) is 30.1. The maximum absolute atomic E-state index is 12.8. The molecule has 0 spiro atoms. The maximum atomic E-state index is 12.8. The van der Waals surface area contributed by atoms with Crippen molar-refractivity contribution in [2.24, 2.45) is 0 Å². The van der Waals surface area contributed by atoms with E-state index >= 15 is 0 Å². The van der Waals surface area contributed by atoms with E-state index in [9.17, 15) is 14.7 Å². The lowest BCUT2D eigenvalue weighted by atomic mass is 10.00. The Morgan fingerprint density at radius 2 is 1.76 bits per heavy atom. The highest BCUT2D eigenvalue weighted by atomic mass is 16.5. The van der Waals surface area contributed by atoms with Gasteiger partial charge in [-0.15, -0.1) is 0 Å². The normalized spacial score (nSPS) is 14.0. The minimum Gasteiger partial charge on any atom is -0.492 e. The van der Waals surface area contributed by atoms with Crippen LogP contribution >= 0.6 is 0 Å². The Morgan fingerprint density at radius 3 is 2.51 bits per heavy atom. The second kappa shape index (κ2) is 15.8. The van der Waals surface area contributed by atoms with E-state index in [1.807, 2.05) is 60.7 Å². The number of nitrogens with one attached hydrogen (secondary N) is 2. The van der Waals surface area contributed by atoms with Crippen LogP contribution in [0.25, 0.3) is 0 Å². The number of ether oxygens (including phenoxy) is 1. The number of carboxylic acid groups (broad SMARTS) is 1. The van der Waals surface area contributed by atoms with Crippen LogP contribution in [0.3, 0.4) is 0 Å². The third kappa shape index (κ3) is 9.60. The van der Waals surface area contributed by atoms with Crippen molar-refractivity contribution in [3.8, 4) is 5.75 Å². The number of carboxylic acids is 1. The minimum atomic E-state index is -1.02. The zero-order valence-corrected chi connectivity index (χ0v) is 23.9. The molecule has 2 aromatic carbocycles. The van der Waals surface area contributed by atoms with Crippen molar-refractivity contribution in [1.29, 1.82) is 0 Å². The van der Waals surface area contributed by atoms with Crippen molar-refractivity contribution in [2.45, 2.75) is 57.4 Å². The van der Waals surface area contributed by atoms with E-state index in [0.29, 0.717) is 26.1 Å². The molecule has 0 fully saturated rings. The standard InChI is InChI=1S/C33H42N4O4/c1-25(26-11-4-2-5-12-26)32(38)36-30(33(39)40)19-22-37(23-24-41-29-15-6-3-7-16-29)21-9-8-14-28-18-17-27-13-10-20-34-31(27)35-28/h2-7,11-12,15-18,25,30H,8-10,13-14,19-24H2,1H3,(H,34,35)(H,36,38)(H,39,40). The molecular formula is C33H42N4O4. The molecule has 8 heteroatoms. The van der Waals surface area contributed by atoms with E-state index in [1.165, 1.54) is 5.56 Å². The predicted octanol–water partition coefficient (Wildman–Crippen LogP) is 4.91. The summed E-state index contributed by atoms with van der Waals surface area (Å²) in [6.07, 6.45) is 5.37. The monoisotopic (exact) mass is 558 g/mol. The Balaban J connectivity index is 1.29. The van der Waals surface area contributed by atoms with Gasteiger partial charge in [-0.1, -0.05) is 54.6 Å². The fraction of sp³-hybridized carbons (Fsp3) is 0.424. The average molecular weight is 559 g/mol. The van der Waals surface area contributed by atoms with Crippen LogP contribution in [0.2, 0.25) is 0 Å². The smallest absolute Gasteiger partial charge is 0.326 e. The number of anilines is 1. The van der Waals surface area contributed by atoms with Gasteiger partial charge >= 0.3 is 5.97 Å². The van der Waals surface area contributed by atoms with Gasteiger partial charge in [-0.05, 0) is 81.3 Å². The molecule has 2 heterocycles. The summed E-state index contributed by atoms with van der Waals surface area (Å²) in [6.45, 7) is 5.28. The molecule has 41 heavy (non-hydrogen) atoms. The molecule has 2 atom stereocenters. The number of carbonyl (C=O) groups excluding carboxylic acids is 1. The summed E-state index contributed by atoms with van der Waals surface area (Å²) in [4.78, 5) is 31.9. The van der Waals surface area contributed by atoms with E-state index in [4.69, 9.17) is 9.72 Å². The number of unbranched alkanes of at least 4 members (excludes halogenated alkanes) is 1. The Kier molecular flexibility index (Phi) is 11.6. The lowest BCUT2D eigenvalue weighted by Gasteiger charge is -2.25. The highest BCUT2D eigenvalue weighted by molar-refractivity contribution is 5.87. The first-order chi connectivity index (χ1) is 20.0. The number of fused-ring (bicyclic) bond motifs is 1. The van der Waals surface area contributed by atoms with E-state index in [2.05, 4.69) is 27.7 Å². The molecular weight excluding hydrogens is 516 g/mol. The van der Waals surface area contributed by atoms with E-state index in [-0.39, 0.29) is 5.91 Å². The van der Waals surface area contributed by atoms with Gasteiger partial charge in [0.15, 0.2) is 0 Å². The first-order valence-electron chi connectivity index (χ1n) is 14.7. The number of aromatic nitrogens is 1.